The van der Waals surface area contributed by atoms with Crippen LogP contribution < -0.4 is 0 Å². The summed E-state index contributed by atoms with van der Waals surface area (Å²) in [6.07, 6.45) is 1.79. The average molecular weight is 1010 g/mol. The number of aromatic nitrogens is 3. The van der Waals surface area contributed by atoms with Crippen LogP contribution in [0.4, 0.5) is 0 Å². The van der Waals surface area contributed by atoms with Gasteiger partial charge in [-0.05, 0) is 90.1 Å². The van der Waals surface area contributed by atoms with Crippen molar-refractivity contribution < 1.29 is 24.5 Å². The van der Waals surface area contributed by atoms with E-state index in [1.165, 1.54) is 48.7 Å². The van der Waals surface area contributed by atoms with Gasteiger partial charge in [0, 0.05) is 48.0 Å². The molecule has 13 aromatic rings. The summed E-state index contributed by atoms with van der Waals surface area (Å²) in [5.74, 6) is 0.807. The monoisotopic (exact) mass is 1010 g/mol. The number of rotatable bonds is 2. The second-order valence-corrected chi connectivity index (χ2v) is 17.6. The van der Waals surface area contributed by atoms with Crippen molar-refractivity contribution in [2.75, 3.05) is 0 Å². The van der Waals surface area contributed by atoms with Gasteiger partial charge in [-0.3, -0.25) is 4.98 Å². The van der Waals surface area contributed by atoms with Gasteiger partial charge in [0.25, 0.3) is 0 Å². The van der Waals surface area contributed by atoms with Gasteiger partial charge >= 0.3 is 0 Å². The van der Waals surface area contributed by atoms with E-state index >= 15 is 0 Å². The molecule has 0 aliphatic rings. The van der Waals surface area contributed by atoms with Crippen molar-refractivity contribution in [3.8, 4) is 22.6 Å². The molecule has 0 aliphatic heterocycles. The van der Waals surface area contributed by atoms with Gasteiger partial charge in [0.2, 0.25) is 0 Å². The Balaban J connectivity index is 0.000000313. The first-order valence-corrected chi connectivity index (χ1v) is 21.8. The van der Waals surface area contributed by atoms with Gasteiger partial charge in [-0.1, -0.05) is 153 Å². The van der Waals surface area contributed by atoms with E-state index in [9.17, 15) is 0 Å². The number of benzene rings is 9. The van der Waals surface area contributed by atoms with Crippen molar-refractivity contribution in [1.29, 1.82) is 0 Å². The van der Waals surface area contributed by atoms with Gasteiger partial charge in [0.1, 0.15) is 5.58 Å². The maximum atomic E-state index is 6.91. The van der Waals surface area contributed by atoms with Crippen LogP contribution in [0.3, 0.4) is 0 Å². The van der Waals surface area contributed by atoms with E-state index in [0.29, 0.717) is 0 Å². The number of nitrogens with zero attached hydrogens (tertiary/aromatic N) is 3. The van der Waals surface area contributed by atoms with Crippen LogP contribution in [0.25, 0.3) is 115 Å². The van der Waals surface area contributed by atoms with Crippen LogP contribution in [0, 0.1) is 12.1 Å². The Hall–Kier alpha value is -7.43. The van der Waals surface area contributed by atoms with Gasteiger partial charge < -0.3 is 13.8 Å². The zero-order chi connectivity index (χ0) is 42.9. The van der Waals surface area contributed by atoms with Crippen LogP contribution in [-0.4, -0.2) is 14.4 Å². The fraction of sp³-hybridized carbons (Fsp3) is 0.0667. The van der Waals surface area contributed by atoms with E-state index in [-0.39, 0.29) is 25.5 Å². The molecule has 65 heavy (non-hydrogen) atoms. The third kappa shape index (κ3) is 6.78. The molecular formula is C60H41IrN3O-2. The van der Waals surface area contributed by atoms with Crippen molar-refractivity contribution in [2.45, 2.75) is 26.2 Å². The molecule has 0 N–H and O–H groups in total. The Labute approximate surface area is 389 Å². The molecule has 0 unspecified atom stereocenters. The van der Waals surface area contributed by atoms with Gasteiger partial charge in [-0.2, -0.15) is 0 Å². The predicted octanol–water partition coefficient (Wildman–Crippen LogP) is 16.0. The number of pyridine rings is 1. The molecule has 4 nitrogen and oxygen atoms in total. The van der Waals surface area contributed by atoms with Gasteiger partial charge in [0.15, 0.2) is 0 Å². The molecule has 4 aromatic heterocycles. The molecule has 0 amide bonds. The smallest absolute Gasteiger partial charge is 0.121 e. The third-order valence-electron chi connectivity index (χ3n) is 12.7. The van der Waals surface area contributed by atoms with E-state index in [1.54, 1.807) is 6.20 Å². The summed E-state index contributed by atoms with van der Waals surface area (Å²) in [5, 5.41) is 14.1. The molecule has 0 aliphatic carbocycles. The standard InChI is InChI=1S/C49H33N2O.C11H8N.Ir/c1-49(2,3)31-24-25-32-29(26-31)22-23-30-27-42-39-18-10-19-40(47(39)52-45(42)28-41(30)32)48-50-43-20-11-17-38-36-15-7-5-13-34(36)33-12-4-6-14-35(33)37-16-8-9-21-44(37)51(48)46(38)43;1-2-6-10(7-3-1)11-8-4-5-9-12-11;/h4-18,20-28H,1-3H3;1-6,8-9H;/q2*-1;. The summed E-state index contributed by atoms with van der Waals surface area (Å²) in [4.78, 5) is 9.63. The van der Waals surface area contributed by atoms with E-state index in [4.69, 9.17) is 9.40 Å². The minimum absolute atomic E-state index is 0. The molecule has 313 valence electrons. The molecular weight excluding hydrogens is 971 g/mol. The molecule has 0 fully saturated rings. The number of hydrogen-bond acceptors (Lipinski definition) is 3. The Morgan fingerprint density at radius 1 is 0.508 bits per heavy atom. The molecule has 5 heteroatoms. The van der Waals surface area contributed by atoms with Gasteiger partial charge in [0.05, 0.1) is 22.4 Å². The first kappa shape index (κ1) is 40.4. The summed E-state index contributed by atoms with van der Waals surface area (Å²) in [6.45, 7) is 6.79. The van der Waals surface area contributed by atoms with Gasteiger partial charge in [-0.15, -0.1) is 54.1 Å². The molecule has 0 bridgehead atoms. The Kier molecular flexibility index (Phi) is 9.92. The van der Waals surface area contributed by atoms with Crippen LogP contribution in [-0.2, 0) is 25.5 Å². The molecule has 13 rings (SSSR count). The summed E-state index contributed by atoms with van der Waals surface area (Å²) < 4.78 is 9.25. The second-order valence-electron chi connectivity index (χ2n) is 17.6. The van der Waals surface area contributed by atoms with Crippen molar-refractivity contribution in [1.82, 2.24) is 14.4 Å². The van der Waals surface area contributed by atoms with Gasteiger partial charge in [-0.25, -0.2) is 0 Å². The molecule has 0 saturated carbocycles. The van der Waals surface area contributed by atoms with Crippen LogP contribution in [0.2, 0.25) is 0 Å². The van der Waals surface area contributed by atoms with Crippen molar-refractivity contribution in [2.24, 2.45) is 0 Å². The van der Waals surface area contributed by atoms with Crippen molar-refractivity contribution in [3.63, 3.8) is 0 Å². The number of furan rings is 1. The van der Waals surface area contributed by atoms with Crippen LogP contribution in [0.15, 0.2) is 199 Å². The summed E-state index contributed by atoms with van der Waals surface area (Å²) in [5.41, 5.74) is 8.99. The quantitative estimate of drug-likeness (QED) is 0.128. The maximum Gasteiger partial charge on any atom is 0.121 e. The Bertz CT molecular complexity index is 3960. The van der Waals surface area contributed by atoms with Crippen molar-refractivity contribution >= 4 is 92.4 Å². The van der Waals surface area contributed by atoms with E-state index in [1.807, 2.05) is 48.5 Å². The Morgan fingerprint density at radius 3 is 1.91 bits per heavy atom. The third-order valence-corrected chi connectivity index (χ3v) is 12.7. The largest absolute Gasteiger partial charge is 0.501 e. The number of para-hydroxylation sites is 2. The zero-order valence-electron chi connectivity index (χ0n) is 36.1. The van der Waals surface area contributed by atoms with Crippen LogP contribution >= 0.6 is 0 Å². The van der Waals surface area contributed by atoms with E-state index in [0.717, 1.165) is 71.9 Å². The first-order chi connectivity index (χ1) is 31.4. The molecule has 0 saturated heterocycles. The predicted molar refractivity (Wildman–Crippen MR) is 268 cm³/mol. The average Bonchev–Trinajstić information content (AvgIpc) is 3.93. The van der Waals surface area contributed by atoms with Crippen LogP contribution in [0.1, 0.15) is 26.3 Å². The van der Waals surface area contributed by atoms with Crippen molar-refractivity contribution in [3.05, 3.63) is 212 Å². The SMILES string of the molecule is CC(C)(C)c1ccc2c(ccc3cc4c(cc32)oc2c(-c3nc5cccc6c7ccccc7c7ccccc7c7ccccc7n3c56)[c-]ccc24)c1.[Ir].[c-]1ccccc1-c1ccccn1. The number of hydrogen-bond donors (Lipinski definition) is 0. The fourth-order valence-corrected chi connectivity index (χ4v) is 9.56. The molecule has 4 heterocycles. The second kappa shape index (κ2) is 16.0. The molecule has 1 radical (unpaired) electrons. The zero-order valence-corrected chi connectivity index (χ0v) is 38.5. The normalized spacial score (nSPS) is 11.8. The Morgan fingerprint density at radius 2 is 1.18 bits per heavy atom. The molecule has 0 atom stereocenters. The summed E-state index contributed by atoms with van der Waals surface area (Å²) >= 11 is 0. The topological polar surface area (TPSA) is 43.3 Å². The summed E-state index contributed by atoms with van der Waals surface area (Å²) in [7, 11) is 0. The first-order valence-electron chi connectivity index (χ1n) is 21.8. The van der Waals surface area contributed by atoms with E-state index in [2.05, 4.69) is 182 Å². The minimum Gasteiger partial charge on any atom is -0.501 e. The molecule has 0 spiro atoms. The summed E-state index contributed by atoms with van der Waals surface area (Å²) in [6, 6.07) is 73.1. The molecule has 9 aromatic carbocycles. The number of fused-ring (bicyclic) bond motifs is 13. The maximum absolute atomic E-state index is 6.91. The van der Waals surface area contributed by atoms with E-state index < -0.39 is 0 Å². The number of imidazole rings is 1. The van der Waals surface area contributed by atoms with Crippen LogP contribution in [0.5, 0.6) is 0 Å². The minimum atomic E-state index is 0. The fourth-order valence-electron chi connectivity index (χ4n) is 9.56.